The number of benzene rings is 1. The third-order valence-corrected chi connectivity index (χ3v) is 4.38. The average molecular weight is 244 g/mol. The van der Waals surface area contributed by atoms with Crippen LogP contribution in [0.25, 0.3) is 0 Å². The predicted octanol–water partition coefficient (Wildman–Crippen LogP) is 2.88. The zero-order valence-electron chi connectivity index (χ0n) is 11.5. The van der Waals surface area contributed by atoms with Crippen molar-refractivity contribution in [3.63, 3.8) is 0 Å². The van der Waals surface area contributed by atoms with Crippen molar-refractivity contribution in [1.82, 2.24) is 10.2 Å². The largest absolute Gasteiger partial charge is 0.310 e. The Hall–Kier alpha value is -0.860. The van der Waals surface area contributed by atoms with Crippen molar-refractivity contribution in [1.29, 1.82) is 0 Å². The Bertz CT molecular complexity index is 394. The van der Waals surface area contributed by atoms with Gasteiger partial charge in [-0.05, 0) is 38.7 Å². The molecule has 0 amide bonds. The zero-order chi connectivity index (χ0) is 12.5. The van der Waals surface area contributed by atoms with Gasteiger partial charge in [0, 0.05) is 31.2 Å². The Morgan fingerprint density at radius 1 is 1.11 bits per heavy atom. The normalized spacial score (nSPS) is 26.4. The second-order valence-electron chi connectivity index (χ2n) is 6.01. The molecule has 1 heterocycles. The van der Waals surface area contributed by atoms with Crippen LogP contribution in [0.5, 0.6) is 0 Å². The summed E-state index contributed by atoms with van der Waals surface area (Å²) in [6, 6.07) is 11.1. The van der Waals surface area contributed by atoms with Gasteiger partial charge in [0.1, 0.15) is 0 Å². The van der Waals surface area contributed by atoms with Gasteiger partial charge in [-0.1, -0.05) is 29.8 Å². The number of hydrogen-bond acceptors (Lipinski definition) is 2. The van der Waals surface area contributed by atoms with Crippen LogP contribution in [0, 0.1) is 6.92 Å². The summed E-state index contributed by atoms with van der Waals surface area (Å²) in [6.07, 6.45) is 4.10. The molecule has 2 fully saturated rings. The number of hydrogen-bond donors (Lipinski definition) is 1. The van der Waals surface area contributed by atoms with E-state index in [0.29, 0.717) is 6.04 Å². The fourth-order valence-corrected chi connectivity index (χ4v) is 2.91. The molecule has 1 aliphatic carbocycles. The molecule has 2 atom stereocenters. The van der Waals surface area contributed by atoms with Gasteiger partial charge in [0.25, 0.3) is 0 Å². The number of aryl methyl sites for hydroxylation is 1. The first-order valence-corrected chi connectivity index (χ1v) is 7.29. The lowest BCUT2D eigenvalue weighted by atomic mass is 10.1. The second-order valence-corrected chi connectivity index (χ2v) is 6.01. The first-order chi connectivity index (χ1) is 8.72. The summed E-state index contributed by atoms with van der Waals surface area (Å²) < 4.78 is 0. The molecule has 1 saturated heterocycles. The van der Waals surface area contributed by atoms with E-state index in [9.17, 15) is 0 Å². The topological polar surface area (TPSA) is 15.3 Å². The van der Waals surface area contributed by atoms with Crippen LogP contribution < -0.4 is 5.32 Å². The van der Waals surface area contributed by atoms with Gasteiger partial charge in [-0.15, -0.1) is 0 Å². The summed E-state index contributed by atoms with van der Waals surface area (Å²) in [7, 11) is 0. The molecule has 2 nitrogen and oxygen atoms in total. The van der Waals surface area contributed by atoms with E-state index in [0.717, 1.165) is 12.1 Å². The summed E-state index contributed by atoms with van der Waals surface area (Å²) in [5.41, 5.74) is 2.80. The maximum Gasteiger partial charge on any atom is 0.0320 e. The van der Waals surface area contributed by atoms with Crippen LogP contribution in [-0.2, 0) is 0 Å². The molecule has 2 aliphatic rings. The Kier molecular flexibility index (Phi) is 3.40. The molecule has 0 radical (unpaired) electrons. The third-order valence-electron chi connectivity index (χ3n) is 4.38. The van der Waals surface area contributed by atoms with Crippen molar-refractivity contribution in [3.8, 4) is 0 Å². The number of likely N-dealkylation sites (tertiary alicyclic amines) is 1. The number of rotatable bonds is 4. The van der Waals surface area contributed by atoms with Crippen molar-refractivity contribution < 1.29 is 0 Å². The Labute approximate surface area is 110 Å². The smallest absolute Gasteiger partial charge is 0.0320 e. The van der Waals surface area contributed by atoms with Crippen molar-refractivity contribution in [2.24, 2.45) is 0 Å². The van der Waals surface area contributed by atoms with Gasteiger partial charge < -0.3 is 5.32 Å². The van der Waals surface area contributed by atoms with E-state index in [1.165, 1.54) is 43.5 Å². The highest BCUT2D eigenvalue weighted by atomic mass is 15.2. The average Bonchev–Trinajstić information content (AvgIpc) is 3.05. The summed E-state index contributed by atoms with van der Waals surface area (Å²) >= 11 is 0. The summed E-state index contributed by atoms with van der Waals surface area (Å²) in [5.74, 6) is 0. The minimum atomic E-state index is 0.552. The minimum Gasteiger partial charge on any atom is -0.310 e. The number of nitrogens with zero attached hydrogens (tertiary/aromatic N) is 1. The highest BCUT2D eigenvalue weighted by Crippen LogP contribution is 2.27. The van der Waals surface area contributed by atoms with Crippen LogP contribution in [0.15, 0.2) is 24.3 Å². The third kappa shape index (κ3) is 2.76. The van der Waals surface area contributed by atoms with Crippen LogP contribution in [0.1, 0.15) is 43.4 Å². The Morgan fingerprint density at radius 2 is 1.83 bits per heavy atom. The molecule has 2 heteroatoms. The molecule has 1 aromatic rings. The van der Waals surface area contributed by atoms with E-state index >= 15 is 0 Å². The molecule has 18 heavy (non-hydrogen) atoms. The molecule has 1 N–H and O–H groups in total. The maximum atomic E-state index is 3.76. The monoisotopic (exact) mass is 244 g/mol. The van der Waals surface area contributed by atoms with Gasteiger partial charge in [0.05, 0.1) is 0 Å². The molecule has 1 saturated carbocycles. The van der Waals surface area contributed by atoms with Crippen LogP contribution in [0.4, 0.5) is 0 Å². The molecular weight excluding hydrogens is 220 g/mol. The van der Waals surface area contributed by atoms with Gasteiger partial charge in [-0.25, -0.2) is 0 Å². The van der Waals surface area contributed by atoms with E-state index in [-0.39, 0.29) is 0 Å². The Balaban J connectivity index is 1.59. The second kappa shape index (κ2) is 5.02. The van der Waals surface area contributed by atoms with E-state index in [4.69, 9.17) is 0 Å². The maximum absolute atomic E-state index is 3.76. The lowest BCUT2D eigenvalue weighted by molar-refractivity contribution is 0.255. The molecule has 1 aliphatic heterocycles. The standard InChI is InChI=1S/C16H24N2/c1-12-3-5-14(6-4-12)13(2)18-10-9-16(11-18)17-15-7-8-15/h3-6,13,15-17H,7-11H2,1-2H3. The fourth-order valence-electron chi connectivity index (χ4n) is 2.91. The van der Waals surface area contributed by atoms with Crippen LogP contribution in [-0.4, -0.2) is 30.1 Å². The van der Waals surface area contributed by atoms with Crippen molar-refractivity contribution >= 4 is 0 Å². The van der Waals surface area contributed by atoms with Gasteiger partial charge in [0.2, 0.25) is 0 Å². The van der Waals surface area contributed by atoms with E-state index < -0.39 is 0 Å². The lowest BCUT2D eigenvalue weighted by Gasteiger charge is -2.25. The molecule has 3 rings (SSSR count). The predicted molar refractivity (Wildman–Crippen MR) is 75.7 cm³/mol. The van der Waals surface area contributed by atoms with Gasteiger partial charge in [-0.2, -0.15) is 0 Å². The summed E-state index contributed by atoms with van der Waals surface area (Å²) in [4.78, 5) is 2.62. The van der Waals surface area contributed by atoms with Gasteiger partial charge >= 0.3 is 0 Å². The van der Waals surface area contributed by atoms with Crippen molar-refractivity contribution in [2.45, 2.75) is 51.2 Å². The molecule has 0 spiro atoms. The molecule has 1 aromatic carbocycles. The zero-order valence-corrected chi connectivity index (χ0v) is 11.5. The van der Waals surface area contributed by atoms with Crippen molar-refractivity contribution in [3.05, 3.63) is 35.4 Å². The van der Waals surface area contributed by atoms with E-state index in [1.807, 2.05) is 0 Å². The van der Waals surface area contributed by atoms with Crippen LogP contribution in [0.3, 0.4) is 0 Å². The Morgan fingerprint density at radius 3 is 2.50 bits per heavy atom. The van der Waals surface area contributed by atoms with E-state index in [2.05, 4.69) is 48.3 Å². The van der Waals surface area contributed by atoms with E-state index in [1.54, 1.807) is 0 Å². The molecule has 0 bridgehead atoms. The molecule has 98 valence electrons. The quantitative estimate of drug-likeness (QED) is 0.876. The van der Waals surface area contributed by atoms with Gasteiger partial charge in [-0.3, -0.25) is 4.90 Å². The molecule has 2 unspecified atom stereocenters. The van der Waals surface area contributed by atoms with Crippen LogP contribution in [0.2, 0.25) is 0 Å². The fraction of sp³-hybridized carbons (Fsp3) is 0.625. The SMILES string of the molecule is Cc1ccc(C(C)N2CCC(NC3CC3)C2)cc1. The molecule has 0 aromatic heterocycles. The first kappa shape index (κ1) is 12.2. The van der Waals surface area contributed by atoms with Crippen molar-refractivity contribution in [2.75, 3.05) is 13.1 Å². The summed E-state index contributed by atoms with van der Waals surface area (Å²) in [6.45, 7) is 6.94. The number of nitrogens with one attached hydrogen (secondary N) is 1. The first-order valence-electron chi connectivity index (χ1n) is 7.29. The molecular formula is C16H24N2. The summed E-state index contributed by atoms with van der Waals surface area (Å²) in [5, 5.41) is 3.76. The van der Waals surface area contributed by atoms with Crippen LogP contribution >= 0.6 is 0 Å². The lowest BCUT2D eigenvalue weighted by Crippen LogP contribution is -2.34. The van der Waals surface area contributed by atoms with Gasteiger partial charge in [0.15, 0.2) is 0 Å². The highest BCUT2D eigenvalue weighted by molar-refractivity contribution is 5.24. The highest BCUT2D eigenvalue weighted by Gasteiger charge is 2.31. The minimum absolute atomic E-state index is 0.552.